The van der Waals surface area contributed by atoms with Crippen LogP contribution in [0, 0.1) is 22.0 Å². The fraction of sp³-hybridized carbons (Fsp3) is 0.0714. The Morgan fingerprint density at radius 3 is 2.57 bits per heavy atom. The second-order valence-corrected chi connectivity index (χ2v) is 4.99. The van der Waals surface area contributed by atoms with E-state index in [0.29, 0.717) is 5.69 Å². The van der Waals surface area contributed by atoms with Crippen molar-refractivity contribution in [2.75, 3.05) is 11.9 Å². The first kappa shape index (κ1) is 14.7. The largest absolute Gasteiger partial charge is 0.324 e. The van der Waals surface area contributed by atoms with Crippen LogP contribution in [0.2, 0.25) is 0 Å². The first-order valence-electron chi connectivity index (χ1n) is 5.94. The zero-order chi connectivity index (χ0) is 15.2. The molecule has 0 bridgehead atoms. The van der Waals surface area contributed by atoms with Crippen LogP contribution in [0.4, 0.5) is 10.7 Å². The van der Waals surface area contributed by atoms with Crippen LogP contribution in [0.1, 0.15) is 15.2 Å². The molecule has 106 valence electrons. The van der Waals surface area contributed by atoms with Crippen molar-refractivity contribution in [2.45, 2.75) is 0 Å². The van der Waals surface area contributed by atoms with E-state index in [9.17, 15) is 14.9 Å². The highest BCUT2D eigenvalue weighted by Crippen LogP contribution is 2.24. The highest BCUT2D eigenvalue weighted by molar-refractivity contribution is 7.17. The number of nitrogens with zero attached hydrogens (tertiary/aromatic N) is 1. The lowest BCUT2D eigenvalue weighted by molar-refractivity contribution is -0.380. The van der Waals surface area contributed by atoms with Gasteiger partial charge in [0, 0.05) is 17.3 Å². The summed E-state index contributed by atoms with van der Waals surface area (Å²) in [6, 6.07) is 9.68. The Morgan fingerprint density at radius 2 is 2.00 bits per heavy atom. The van der Waals surface area contributed by atoms with Crippen LogP contribution in [-0.2, 0) is 0 Å². The molecule has 0 aliphatic rings. The van der Waals surface area contributed by atoms with E-state index in [1.807, 2.05) is 0 Å². The van der Waals surface area contributed by atoms with Gasteiger partial charge >= 0.3 is 5.00 Å². The number of anilines is 1. The van der Waals surface area contributed by atoms with Gasteiger partial charge < -0.3 is 11.1 Å². The lowest BCUT2D eigenvalue weighted by Gasteiger charge is -2.03. The zero-order valence-corrected chi connectivity index (χ0v) is 11.6. The fourth-order valence-corrected chi connectivity index (χ4v) is 2.25. The molecule has 21 heavy (non-hydrogen) atoms. The second-order valence-electron chi connectivity index (χ2n) is 3.93. The predicted octanol–water partition coefficient (Wildman–Crippen LogP) is 2.22. The molecule has 1 aromatic carbocycles. The molecule has 6 nitrogen and oxygen atoms in total. The van der Waals surface area contributed by atoms with E-state index < -0.39 is 4.92 Å². The SMILES string of the molecule is NCC#Cc1ccc(NC(=O)c2ccc([N+](=O)[O-])s2)cc1. The minimum absolute atomic E-state index is 0.0624. The van der Waals surface area contributed by atoms with Gasteiger partial charge in [-0.2, -0.15) is 0 Å². The Hall–Kier alpha value is -2.69. The van der Waals surface area contributed by atoms with Crippen molar-refractivity contribution in [3.8, 4) is 11.8 Å². The Labute approximate surface area is 124 Å². The van der Waals surface area contributed by atoms with Gasteiger partial charge in [-0.1, -0.05) is 23.2 Å². The van der Waals surface area contributed by atoms with Crippen molar-refractivity contribution in [1.29, 1.82) is 0 Å². The number of nitrogens with one attached hydrogen (secondary N) is 1. The second kappa shape index (κ2) is 6.65. The van der Waals surface area contributed by atoms with Crippen LogP contribution in [0.3, 0.4) is 0 Å². The van der Waals surface area contributed by atoms with Gasteiger partial charge in [-0.15, -0.1) is 0 Å². The summed E-state index contributed by atoms with van der Waals surface area (Å²) in [7, 11) is 0. The molecule has 7 heteroatoms. The van der Waals surface area contributed by atoms with Gasteiger partial charge in [0.15, 0.2) is 0 Å². The molecule has 0 unspecified atom stereocenters. The molecule has 1 aromatic heterocycles. The molecule has 0 fully saturated rings. The van der Waals surface area contributed by atoms with Crippen molar-refractivity contribution in [1.82, 2.24) is 0 Å². The topological polar surface area (TPSA) is 98.3 Å². The summed E-state index contributed by atoms with van der Waals surface area (Å²) < 4.78 is 0. The Morgan fingerprint density at radius 1 is 1.29 bits per heavy atom. The van der Waals surface area contributed by atoms with E-state index in [4.69, 9.17) is 5.73 Å². The standard InChI is InChI=1S/C14H11N3O3S/c15-9-1-2-10-3-5-11(6-4-10)16-14(18)12-7-8-13(21-12)17(19)20/h3-8H,9,15H2,(H,16,18). The number of amides is 1. The summed E-state index contributed by atoms with van der Waals surface area (Å²) in [4.78, 5) is 22.3. The molecule has 0 saturated carbocycles. The molecule has 2 rings (SSSR count). The van der Waals surface area contributed by atoms with E-state index >= 15 is 0 Å². The average Bonchev–Trinajstić information content (AvgIpc) is 2.97. The molecule has 2 aromatic rings. The van der Waals surface area contributed by atoms with Gasteiger partial charge in [0.25, 0.3) is 5.91 Å². The number of carbonyl (C=O) groups is 1. The van der Waals surface area contributed by atoms with E-state index in [1.165, 1.54) is 12.1 Å². The first-order chi connectivity index (χ1) is 10.1. The number of nitro groups is 1. The van der Waals surface area contributed by atoms with Crippen molar-refractivity contribution in [3.63, 3.8) is 0 Å². The van der Waals surface area contributed by atoms with Crippen molar-refractivity contribution < 1.29 is 9.72 Å². The van der Waals surface area contributed by atoms with Crippen molar-refractivity contribution >= 4 is 27.9 Å². The van der Waals surface area contributed by atoms with Crippen LogP contribution < -0.4 is 11.1 Å². The summed E-state index contributed by atoms with van der Waals surface area (Å²) in [6.07, 6.45) is 0. The summed E-state index contributed by atoms with van der Waals surface area (Å²) >= 11 is 0.835. The molecule has 0 saturated heterocycles. The van der Waals surface area contributed by atoms with Crippen LogP contribution >= 0.6 is 11.3 Å². The number of hydrogen-bond donors (Lipinski definition) is 2. The molecule has 3 N–H and O–H groups in total. The Kier molecular flexibility index (Phi) is 4.66. The third-order valence-electron chi connectivity index (χ3n) is 2.47. The maximum atomic E-state index is 11.9. The van der Waals surface area contributed by atoms with Crippen LogP contribution in [0.5, 0.6) is 0 Å². The highest BCUT2D eigenvalue weighted by atomic mass is 32.1. The van der Waals surface area contributed by atoms with Crippen LogP contribution in [-0.4, -0.2) is 17.4 Å². The summed E-state index contributed by atoms with van der Waals surface area (Å²) in [6.45, 7) is 0.287. The van der Waals surface area contributed by atoms with Gasteiger partial charge in [-0.05, 0) is 30.3 Å². The highest BCUT2D eigenvalue weighted by Gasteiger charge is 2.15. The van der Waals surface area contributed by atoms with Gasteiger partial charge in [-0.3, -0.25) is 14.9 Å². The lowest BCUT2D eigenvalue weighted by Crippen LogP contribution is -2.09. The first-order valence-corrected chi connectivity index (χ1v) is 6.76. The third kappa shape index (κ3) is 3.89. The molecular weight excluding hydrogens is 290 g/mol. The summed E-state index contributed by atoms with van der Waals surface area (Å²) in [5, 5.41) is 13.2. The number of thiophene rings is 1. The fourth-order valence-electron chi connectivity index (χ4n) is 1.53. The number of carbonyl (C=O) groups excluding carboxylic acids is 1. The van der Waals surface area contributed by atoms with E-state index in [-0.39, 0.29) is 22.3 Å². The summed E-state index contributed by atoms with van der Waals surface area (Å²) in [5.74, 6) is 5.22. The number of nitrogens with two attached hydrogens (primary N) is 1. The molecule has 1 heterocycles. The van der Waals surface area contributed by atoms with E-state index in [1.54, 1.807) is 24.3 Å². The number of hydrogen-bond acceptors (Lipinski definition) is 5. The predicted molar refractivity (Wildman–Crippen MR) is 81.3 cm³/mol. The molecule has 1 amide bonds. The molecule has 0 aliphatic heterocycles. The number of rotatable bonds is 3. The molecule has 0 spiro atoms. The zero-order valence-electron chi connectivity index (χ0n) is 10.8. The number of benzene rings is 1. The summed E-state index contributed by atoms with van der Waals surface area (Å²) in [5.41, 5.74) is 6.67. The minimum atomic E-state index is -0.521. The maximum absolute atomic E-state index is 11.9. The van der Waals surface area contributed by atoms with Crippen LogP contribution in [0.25, 0.3) is 0 Å². The third-order valence-corrected chi connectivity index (χ3v) is 3.51. The molecular formula is C14H11N3O3S. The Bertz CT molecular complexity index is 726. The average molecular weight is 301 g/mol. The van der Waals surface area contributed by atoms with Crippen molar-refractivity contribution in [2.24, 2.45) is 5.73 Å². The molecule has 0 radical (unpaired) electrons. The molecule has 0 aliphatic carbocycles. The van der Waals surface area contributed by atoms with Gasteiger partial charge in [-0.25, -0.2) is 0 Å². The van der Waals surface area contributed by atoms with Gasteiger partial charge in [0.1, 0.15) is 0 Å². The smallest absolute Gasteiger partial charge is 0.321 e. The van der Waals surface area contributed by atoms with E-state index in [0.717, 1.165) is 16.9 Å². The Balaban J connectivity index is 2.06. The van der Waals surface area contributed by atoms with Gasteiger partial charge in [0.2, 0.25) is 0 Å². The maximum Gasteiger partial charge on any atom is 0.324 e. The van der Waals surface area contributed by atoms with Crippen molar-refractivity contribution in [3.05, 3.63) is 57.0 Å². The lowest BCUT2D eigenvalue weighted by atomic mass is 10.2. The van der Waals surface area contributed by atoms with Crippen LogP contribution in [0.15, 0.2) is 36.4 Å². The minimum Gasteiger partial charge on any atom is -0.321 e. The normalized spacial score (nSPS) is 9.57. The quantitative estimate of drug-likeness (QED) is 0.516. The monoisotopic (exact) mass is 301 g/mol. The molecule has 0 atom stereocenters. The van der Waals surface area contributed by atoms with Gasteiger partial charge in [0.05, 0.1) is 16.3 Å². The van der Waals surface area contributed by atoms with E-state index in [2.05, 4.69) is 17.2 Å².